The summed E-state index contributed by atoms with van der Waals surface area (Å²) in [5.74, 6) is 0.333. The zero-order valence-electron chi connectivity index (χ0n) is 10.6. The molecule has 1 aromatic carbocycles. The summed E-state index contributed by atoms with van der Waals surface area (Å²) in [6.07, 6.45) is 2.19. The molecule has 4 nitrogen and oxygen atoms in total. The number of hydrogen-bond donors (Lipinski definition) is 1. The maximum atomic E-state index is 10.9. The molecule has 1 N–H and O–H groups in total. The van der Waals surface area contributed by atoms with Crippen LogP contribution in [0, 0.1) is 0 Å². The van der Waals surface area contributed by atoms with Crippen molar-refractivity contribution < 1.29 is 14.3 Å². The number of rotatable bonds is 6. The molecule has 0 aliphatic carbocycles. The topological polar surface area (TPSA) is 63.3 Å². The van der Waals surface area contributed by atoms with E-state index in [2.05, 4.69) is 4.98 Å². The van der Waals surface area contributed by atoms with E-state index < -0.39 is 11.2 Å². The van der Waals surface area contributed by atoms with Gasteiger partial charge in [-0.15, -0.1) is 11.8 Å². The highest BCUT2D eigenvalue weighted by Gasteiger charge is 2.16. The lowest BCUT2D eigenvalue weighted by molar-refractivity contribution is -0.136. The monoisotopic (exact) mass is 277 g/mol. The van der Waals surface area contributed by atoms with Gasteiger partial charge in [0, 0.05) is 11.3 Å². The molecule has 0 aliphatic rings. The van der Waals surface area contributed by atoms with Gasteiger partial charge >= 0.3 is 5.97 Å². The highest BCUT2D eigenvalue weighted by atomic mass is 32.2. The lowest BCUT2D eigenvalue weighted by Crippen LogP contribution is -2.15. The molecule has 0 bridgehead atoms. The van der Waals surface area contributed by atoms with Gasteiger partial charge in [-0.25, -0.2) is 4.98 Å². The summed E-state index contributed by atoms with van der Waals surface area (Å²) < 4.78 is 5.41. The van der Waals surface area contributed by atoms with Crippen molar-refractivity contribution >= 4 is 17.7 Å². The van der Waals surface area contributed by atoms with Crippen molar-refractivity contribution in [2.75, 3.05) is 0 Å². The molecule has 0 amide bonds. The first-order chi connectivity index (χ1) is 9.20. The zero-order chi connectivity index (χ0) is 13.7. The Morgan fingerprint density at radius 1 is 1.42 bits per heavy atom. The molecule has 1 unspecified atom stereocenters. The Labute approximate surface area is 115 Å². The quantitative estimate of drug-likeness (QED) is 0.876. The minimum Gasteiger partial charge on any atom is -0.480 e. The standard InChI is InChI=1S/C14H15NO3S/c1-2-12(14(16)17)19-9-11-8-18-13(15-11)10-6-4-3-5-7-10/h3-8,12H,2,9H2,1H3,(H,16,17). The average Bonchev–Trinajstić information content (AvgIpc) is 2.89. The number of hydrogen-bond acceptors (Lipinski definition) is 4. The zero-order valence-corrected chi connectivity index (χ0v) is 11.4. The fourth-order valence-electron chi connectivity index (χ4n) is 1.64. The Bertz CT molecular complexity index is 539. The summed E-state index contributed by atoms with van der Waals surface area (Å²) in [6.45, 7) is 1.87. The van der Waals surface area contributed by atoms with Crippen molar-refractivity contribution in [1.82, 2.24) is 4.98 Å². The molecule has 0 saturated carbocycles. The summed E-state index contributed by atoms with van der Waals surface area (Å²) in [6, 6.07) is 9.63. The van der Waals surface area contributed by atoms with Crippen LogP contribution in [0.3, 0.4) is 0 Å². The molecule has 0 aliphatic heterocycles. The summed E-state index contributed by atoms with van der Waals surface area (Å²) in [5, 5.41) is 8.58. The summed E-state index contributed by atoms with van der Waals surface area (Å²) in [4.78, 5) is 15.3. The molecule has 5 heteroatoms. The van der Waals surface area contributed by atoms with Gasteiger partial charge in [0.25, 0.3) is 0 Å². The van der Waals surface area contributed by atoms with Crippen molar-refractivity contribution in [2.45, 2.75) is 24.3 Å². The second kappa shape index (κ2) is 6.43. The smallest absolute Gasteiger partial charge is 0.316 e. The molecule has 2 rings (SSSR count). The van der Waals surface area contributed by atoms with Crippen molar-refractivity contribution in [3.63, 3.8) is 0 Å². The minimum atomic E-state index is -0.778. The average molecular weight is 277 g/mol. The van der Waals surface area contributed by atoms with Crippen LogP contribution in [0.4, 0.5) is 0 Å². The molecule has 0 saturated heterocycles. The van der Waals surface area contributed by atoms with Gasteiger partial charge in [-0.05, 0) is 18.6 Å². The molecule has 0 radical (unpaired) electrons. The largest absolute Gasteiger partial charge is 0.480 e. The fourth-order valence-corrected chi connectivity index (χ4v) is 2.52. The predicted octanol–water partition coefficient (Wildman–Crippen LogP) is 3.44. The maximum Gasteiger partial charge on any atom is 0.316 e. The van der Waals surface area contributed by atoms with Gasteiger partial charge < -0.3 is 9.52 Å². The Balaban J connectivity index is 2.00. The number of thioether (sulfide) groups is 1. The first-order valence-corrected chi connectivity index (χ1v) is 7.09. The fraction of sp³-hybridized carbons (Fsp3) is 0.286. The summed E-state index contributed by atoms with van der Waals surface area (Å²) in [5.41, 5.74) is 1.69. The van der Waals surface area contributed by atoms with Gasteiger partial charge in [0.1, 0.15) is 11.5 Å². The van der Waals surface area contributed by atoms with E-state index in [1.807, 2.05) is 37.3 Å². The number of nitrogens with zero attached hydrogens (tertiary/aromatic N) is 1. The third-order valence-corrected chi connectivity index (χ3v) is 4.05. The third-order valence-electron chi connectivity index (χ3n) is 2.65. The Morgan fingerprint density at radius 3 is 2.79 bits per heavy atom. The molecule has 19 heavy (non-hydrogen) atoms. The van der Waals surface area contributed by atoms with E-state index in [4.69, 9.17) is 9.52 Å². The molecular weight excluding hydrogens is 262 g/mol. The van der Waals surface area contributed by atoms with Crippen molar-refractivity contribution in [3.8, 4) is 11.5 Å². The lowest BCUT2D eigenvalue weighted by Gasteiger charge is -2.06. The number of oxazole rings is 1. The highest BCUT2D eigenvalue weighted by molar-refractivity contribution is 7.99. The van der Waals surface area contributed by atoms with Crippen molar-refractivity contribution in [2.24, 2.45) is 0 Å². The van der Waals surface area contributed by atoms with Crippen molar-refractivity contribution in [1.29, 1.82) is 0 Å². The van der Waals surface area contributed by atoms with Gasteiger partial charge in [0.15, 0.2) is 0 Å². The molecular formula is C14H15NO3S. The second-order valence-electron chi connectivity index (χ2n) is 4.06. The number of aromatic nitrogens is 1. The van der Waals surface area contributed by atoms with Crippen LogP contribution in [0.2, 0.25) is 0 Å². The SMILES string of the molecule is CCC(SCc1coc(-c2ccccc2)n1)C(=O)O. The molecule has 1 atom stereocenters. The van der Waals surface area contributed by atoms with Crippen molar-refractivity contribution in [3.05, 3.63) is 42.3 Å². The van der Waals surface area contributed by atoms with E-state index in [-0.39, 0.29) is 0 Å². The number of carboxylic acid groups (broad SMARTS) is 1. The van der Waals surface area contributed by atoms with Crippen LogP contribution in [0.15, 0.2) is 41.0 Å². The number of aliphatic carboxylic acids is 1. The first-order valence-electron chi connectivity index (χ1n) is 6.05. The van der Waals surface area contributed by atoms with E-state index in [0.29, 0.717) is 18.1 Å². The molecule has 100 valence electrons. The van der Waals surface area contributed by atoms with Gasteiger partial charge in [-0.2, -0.15) is 0 Å². The van der Waals surface area contributed by atoms with Gasteiger partial charge in [-0.3, -0.25) is 4.79 Å². The molecule has 0 spiro atoms. The maximum absolute atomic E-state index is 10.9. The normalized spacial score (nSPS) is 12.3. The lowest BCUT2D eigenvalue weighted by atomic mass is 10.2. The van der Waals surface area contributed by atoms with Crippen LogP contribution >= 0.6 is 11.8 Å². The van der Waals surface area contributed by atoms with Crippen LogP contribution in [0.5, 0.6) is 0 Å². The van der Waals surface area contributed by atoms with Crippen LogP contribution < -0.4 is 0 Å². The number of benzene rings is 1. The molecule has 1 aromatic heterocycles. The van der Waals surface area contributed by atoms with Crippen LogP contribution in [0.1, 0.15) is 19.0 Å². The molecule has 0 fully saturated rings. The molecule has 2 aromatic rings. The van der Waals surface area contributed by atoms with E-state index in [1.165, 1.54) is 11.8 Å². The Hall–Kier alpha value is -1.75. The number of carbonyl (C=O) groups is 1. The molecule has 1 heterocycles. The van der Waals surface area contributed by atoms with E-state index in [9.17, 15) is 4.79 Å². The second-order valence-corrected chi connectivity index (χ2v) is 5.25. The van der Waals surface area contributed by atoms with Crippen LogP contribution in [-0.2, 0) is 10.5 Å². The predicted molar refractivity (Wildman–Crippen MR) is 74.9 cm³/mol. The first kappa shape index (κ1) is 13.7. The van der Waals surface area contributed by atoms with Gasteiger partial charge in [0.05, 0.1) is 5.69 Å². The van der Waals surface area contributed by atoms with E-state index >= 15 is 0 Å². The summed E-state index contributed by atoms with van der Waals surface area (Å²) >= 11 is 1.37. The van der Waals surface area contributed by atoms with Crippen LogP contribution in [-0.4, -0.2) is 21.3 Å². The van der Waals surface area contributed by atoms with Crippen LogP contribution in [0.25, 0.3) is 11.5 Å². The Kier molecular flexibility index (Phi) is 4.63. The third kappa shape index (κ3) is 3.61. The van der Waals surface area contributed by atoms with E-state index in [1.54, 1.807) is 6.26 Å². The van der Waals surface area contributed by atoms with Gasteiger partial charge in [0.2, 0.25) is 5.89 Å². The van der Waals surface area contributed by atoms with E-state index in [0.717, 1.165) is 11.3 Å². The number of carboxylic acids is 1. The minimum absolute atomic E-state index is 0.392. The summed E-state index contributed by atoms with van der Waals surface area (Å²) in [7, 11) is 0. The van der Waals surface area contributed by atoms with Gasteiger partial charge in [-0.1, -0.05) is 25.1 Å². The Morgan fingerprint density at radius 2 is 2.16 bits per heavy atom. The highest BCUT2D eigenvalue weighted by Crippen LogP contribution is 2.23.